The van der Waals surface area contributed by atoms with E-state index in [-0.39, 0.29) is 0 Å². The molecule has 0 saturated carbocycles. The zero-order valence-corrected chi connectivity index (χ0v) is 11.5. The molecule has 0 spiro atoms. The first-order valence-electron chi connectivity index (χ1n) is 6.62. The van der Waals surface area contributed by atoms with Gasteiger partial charge in [0, 0.05) is 32.4 Å². The first-order chi connectivity index (χ1) is 8.63. The van der Waals surface area contributed by atoms with Crippen LogP contribution >= 0.6 is 0 Å². The summed E-state index contributed by atoms with van der Waals surface area (Å²) in [6.07, 6.45) is 1.40. The Labute approximate surface area is 109 Å². The Balaban J connectivity index is 2.24. The molecule has 18 heavy (non-hydrogen) atoms. The molecule has 1 unspecified atom stereocenters. The minimum atomic E-state index is 0.329. The van der Waals surface area contributed by atoms with Gasteiger partial charge in [-0.15, -0.1) is 0 Å². The van der Waals surface area contributed by atoms with Crippen molar-refractivity contribution in [2.45, 2.75) is 38.8 Å². The van der Waals surface area contributed by atoms with E-state index < -0.39 is 0 Å². The van der Waals surface area contributed by atoms with Crippen molar-refractivity contribution in [1.29, 1.82) is 0 Å². The van der Waals surface area contributed by atoms with Gasteiger partial charge in [-0.2, -0.15) is 0 Å². The van der Waals surface area contributed by atoms with Gasteiger partial charge in [-0.3, -0.25) is 0 Å². The summed E-state index contributed by atoms with van der Waals surface area (Å²) in [6.45, 7) is 6.83. The molecular formula is C14H23N3O. The first kappa shape index (κ1) is 13.3. The third kappa shape index (κ3) is 2.82. The van der Waals surface area contributed by atoms with E-state index in [1.807, 2.05) is 0 Å². The van der Waals surface area contributed by atoms with Crippen molar-refractivity contribution in [2.75, 3.05) is 25.1 Å². The zero-order chi connectivity index (χ0) is 13.1. The number of nitrogens with two attached hydrogens (primary N) is 1. The largest absolute Gasteiger partial charge is 0.380 e. The highest BCUT2D eigenvalue weighted by molar-refractivity contribution is 5.44. The van der Waals surface area contributed by atoms with E-state index in [1.54, 1.807) is 7.11 Å². The topological polar surface area (TPSA) is 51.4 Å². The molecule has 0 radical (unpaired) electrons. The second kappa shape index (κ2) is 5.67. The molecule has 0 aliphatic carbocycles. The number of anilines is 1. The molecule has 0 bridgehead atoms. The van der Waals surface area contributed by atoms with Crippen LogP contribution < -0.4 is 10.6 Å². The maximum absolute atomic E-state index is 5.77. The molecule has 1 atom stereocenters. The van der Waals surface area contributed by atoms with Crippen molar-refractivity contribution in [3.8, 4) is 0 Å². The third-order valence-electron chi connectivity index (χ3n) is 3.52. The fourth-order valence-electron chi connectivity index (χ4n) is 2.30. The van der Waals surface area contributed by atoms with Gasteiger partial charge < -0.3 is 15.4 Å². The fraction of sp³-hybridized carbons (Fsp3) is 0.643. The van der Waals surface area contributed by atoms with Crippen LogP contribution in [0.4, 0.5) is 5.82 Å². The van der Waals surface area contributed by atoms with Gasteiger partial charge in [-0.25, -0.2) is 4.98 Å². The van der Waals surface area contributed by atoms with E-state index in [2.05, 4.69) is 30.9 Å². The van der Waals surface area contributed by atoms with Crippen molar-refractivity contribution in [3.63, 3.8) is 0 Å². The molecule has 1 aliphatic heterocycles. The molecule has 0 amide bonds. The normalized spacial score (nSPS) is 19.8. The van der Waals surface area contributed by atoms with E-state index in [4.69, 9.17) is 15.5 Å². The van der Waals surface area contributed by atoms with Gasteiger partial charge in [0.05, 0.1) is 6.10 Å². The number of aromatic nitrogens is 1. The molecule has 100 valence electrons. The Kier molecular flexibility index (Phi) is 4.19. The standard InChI is InChI=1S/C14H23N3O/c1-10(2)13-6-11(8-15)7-14(16-13)17-5-4-12(9-17)18-3/h6-7,10,12H,4-5,8-9,15H2,1-3H3. The minimum Gasteiger partial charge on any atom is -0.380 e. The summed E-state index contributed by atoms with van der Waals surface area (Å²) in [5.74, 6) is 1.47. The van der Waals surface area contributed by atoms with Crippen molar-refractivity contribution in [2.24, 2.45) is 5.73 Å². The number of hydrogen-bond acceptors (Lipinski definition) is 4. The highest BCUT2D eigenvalue weighted by Crippen LogP contribution is 2.24. The summed E-state index contributed by atoms with van der Waals surface area (Å²) in [4.78, 5) is 7.04. The number of nitrogens with zero attached hydrogens (tertiary/aromatic N) is 2. The van der Waals surface area contributed by atoms with Crippen LogP contribution in [0.25, 0.3) is 0 Å². The molecule has 1 aromatic rings. The lowest BCUT2D eigenvalue weighted by Gasteiger charge is -2.20. The van der Waals surface area contributed by atoms with Crippen LogP contribution in [-0.2, 0) is 11.3 Å². The number of methoxy groups -OCH3 is 1. The molecule has 2 N–H and O–H groups in total. The zero-order valence-electron chi connectivity index (χ0n) is 11.5. The van der Waals surface area contributed by atoms with Crippen molar-refractivity contribution < 1.29 is 4.74 Å². The van der Waals surface area contributed by atoms with E-state index in [0.29, 0.717) is 18.6 Å². The van der Waals surface area contributed by atoms with Gasteiger partial charge >= 0.3 is 0 Å². The van der Waals surface area contributed by atoms with Gasteiger partial charge in [0.25, 0.3) is 0 Å². The first-order valence-corrected chi connectivity index (χ1v) is 6.62. The Morgan fingerprint density at radius 3 is 2.83 bits per heavy atom. The lowest BCUT2D eigenvalue weighted by Crippen LogP contribution is -2.23. The Bertz CT molecular complexity index is 406. The van der Waals surface area contributed by atoms with Gasteiger partial charge in [-0.1, -0.05) is 13.8 Å². The van der Waals surface area contributed by atoms with Crippen molar-refractivity contribution in [3.05, 3.63) is 23.4 Å². The molecule has 0 aromatic carbocycles. The molecule has 2 heterocycles. The average molecular weight is 249 g/mol. The second-order valence-electron chi connectivity index (χ2n) is 5.21. The van der Waals surface area contributed by atoms with Gasteiger partial charge in [-0.05, 0) is 30.0 Å². The SMILES string of the molecule is COC1CCN(c2cc(CN)cc(C(C)C)n2)C1. The van der Waals surface area contributed by atoms with Crippen LogP contribution in [-0.4, -0.2) is 31.3 Å². The number of pyridine rings is 1. The Morgan fingerprint density at radius 1 is 1.50 bits per heavy atom. The van der Waals surface area contributed by atoms with Crippen molar-refractivity contribution in [1.82, 2.24) is 4.98 Å². The van der Waals surface area contributed by atoms with Crippen LogP contribution in [0.5, 0.6) is 0 Å². The molecule has 4 nitrogen and oxygen atoms in total. The minimum absolute atomic E-state index is 0.329. The summed E-state index contributed by atoms with van der Waals surface area (Å²) in [5.41, 5.74) is 8.05. The van der Waals surface area contributed by atoms with Gasteiger partial charge in [0.15, 0.2) is 0 Å². The second-order valence-corrected chi connectivity index (χ2v) is 5.21. The van der Waals surface area contributed by atoms with Crippen LogP contribution in [0.3, 0.4) is 0 Å². The van der Waals surface area contributed by atoms with Crippen LogP contribution in [0.15, 0.2) is 12.1 Å². The highest BCUT2D eigenvalue weighted by Gasteiger charge is 2.23. The summed E-state index contributed by atoms with van der Waals surface area (Å²) in [7, 11) is 1.78. The average Bonchev–Trinajstić information content (AvgIpc) is 2.86. The number of hydrogen-bond donors (Lipinski definition) is 1. The Morgan fingerprint density at radius 2 is 2.28 bits per heavy atom. The Hall–Kier alpha value is -1.13. The summed E-state index contributed by atoms with van der Waals surface area (Å²) >= 11 is 0. The van der Waals surface area contributed by atoms with Crippen molar-refractivity contribution >= 4 is 5.82 Å². The summed E-state index contributed by atoms with van der Waals surface area (Å²) in [5, 5.41) is 0. The van der Waals surface area contributed by atoms with Gasteiger partial charge in [0.2, 0.25) is 0 Å². The number of rotatable bonds is 4. The molecule has 4 heteroatoms. The van der Waals surface area contributed by atoms with Crippen LogP contribution in [0.1, 0.15) is 37.4 Å². The van der Waals surface area contributed by atoms with Crippen LogP contribution in [0, 0.1) is 0 Å². The lowest BCUT2D eigenvalue weighted by atomic mass is 10.1. The molecule has 1 fully saturated rings. The lowest BCUT2D eigenvalue weighted by molar-refractivity contribution is 0.121. The smallest absolute Gasteiger partial charge is 0.129 e. The van der Waals surface area contributed by atoms with E-state index in [1.165, 1.54) is 0 Å². The fourth-order valence-corrected chi connectivity index (χ4v) is 2.30. The quantitative estimate of drug-likeness (QED) is 0.885. The van der Waals surface area contributed by atoms with E-state index >= 15 is 0 Å². The number of ether oxygens (including phenoxy) is 1. The van der Waals surface area contributed by atoms with Crippen LogP contribution in [0.2, 0.25) is 0 Å². The molecule has 1 aliphatic rings. The predicted octanol–water partition coefficient (Wildman–Crippen LogP) is 1.89. The van der Waals surface area contributed by atoms with E-state index in [9.17, 15) is 0 Å². The maximum Gasteiger partial charge on any atom is 0.129 e. The summed E-state index contributed by atoms with van der Waals surface area (Å²) in [6, 6.07) is 4.21. The molecule has 1 saturated heterocycles. The monoisotopic (exact) mass is 249 g/mol. The summed E-state index contributed by atoms with van der Waals surface area (Å²) < 4.78 is 5.40. The molecular weight excluding hydrogens is 226 g/mol. The highest BCUT2D eigenvalue weighted by atomic mass is 16.5. The predicted molar refractivity (Wildman–Crippen MR) is 73.8 cm³/mol. The third-order valence-corrected chi connectivity index (χ3v) is 3.52. The van der Waals surface area contributed by atoms with Gasteiger partial charge in [0.1, 0.15) is 5.82 Å². The molecule has 1 aromatic heterocycles. The maximum atomic E-state index is 5.77. The molecule has 2 rings (SSSR count). The van der Waals surface area contributed by atoms with E-state index in [0.717, 1.165) is 36.6 Å².